The molecule has 2 heterocycles. The Morgan fingerprint density at radius 3 is 2.55 bits per heavy atom. The van der Waals surface area contributed by atoms with Gasteiger partial charge in [-0.3, -0.25) is 9.59 Å². The summed E-state index contributed by atoms with van der Waals surface area (Å²) in [5.41, 5.74) is 7.38. The number of nitrogens with zero attached hydrogens (tertiary/aromatic N) is 1. The van der Waals surface area contributed by atoms with Crippen molar-refractivity contribution in [3.63, 3.8) is 0 Å². The van der Waals surface area contributed by atoms with Gasteiger partial charge in [0, 0.05) is 23.5 Å². The van der Waals surface area contributed by atoms with Crippen LogP contribution in [0.3, 0.4) is 0 Å². The molecule has 0 aliphatic carbocycles. The van der Waals surface area contributed by atoms with Crippen LogP contribution in [0.5, 0.6) is 0 Å². The maximum absolute atomic E-state index is 13.5. The largest absolute Gasteiger partial charge is 0.369 e. The van der Waals surface area contributed by atoms with Crippen LogP contribution in [0.1, 0.15) is 22.3 Å². The van der Waals surface area contributed by atoms with Crippen molar-refractivity contribution in [1.82, 2.24) is 4.90 Å². The van der Waals surface area contributed by atoms with Crippen LogP contribution in [0.2, 0.25) is 0 Å². The Bertz CT molecular complexity index is 1030. The van der Waals surface area contributed by atoms with Crippen LogP contribution in [-0.2, 0) is 11.2 Å². The number of rotatable bonds is 5. The Hall–Kier alpha value is -2.99. The van der Waals surface area contributed by atoms with Crippen LogP contribution in [0.25, 0.3) is 10.4 Å². The molecule has 0 saturated carbocycles. The highest BCUT2D eigenvalue weighted by molar-refractivity contribution is 7.13. The average molecular weight is 408 g/mol. The Balaban J connectivity index is 1.51. The second kappa shape index (κ2) is 7.79. The highest BCUT2D eigenvalue weighted by atomic mass is 32.1. The molecule has 0 spiro atoms. The first-order valence-corrected chi connectivity index (χ1v) is 10.3. The first kappa shape index (κ1) is 19.3. The zero-order valence-electron chi connectivity index (χ0n) is 15.8. The monoisotopic (exact) mass is 408 g/mol. The third kappa shape index (κ3) is 3.93. The minimum absolute atomic E-state index is 0.240. The molecule has 29 heavy (non-hydrogen) atoms. The first-order valence-electron chi connectivity index (χ1n) is 9.44. The normalized spacial score (nSPS) is 18.7. The zero-order chi connectivity index (χ0) is 20.4. The molecule has 2 N–H and O–H groups in total. The number of thiophene rings is 1. The summed E-state index contributed by atoms with van der Waals surface area (Å²) in [5.74, 6) is -1.14. The maximum atomic E-state index is 13.5. The van der Waals surface area contributed by atoms with Crippen molar-refractivity contribution in [2.45, 2.75) is 12.8 Å². The van der Waals surface area contributed by atoms with Gasteiger partial charge in [0.1, 0.15) is 5.82 Å². The summed E-state index contributed by atoms with van der Waals surface area (Å²) in [7, 11) is 0. The molecular weight excluding hydrogens is 387 g/mol. The van der Waals surface area contributed by atoms with Gasteiger partial charge in [-0.05, 0) is 53.6 Å². The number of halogens is 1. The highest BCUT2D eigenvalue weighted by Gasteiger charge is 2.44. The van der Waals surface area contributed by atoms with E-state index in [1.54, 1.807) is 22.3 Å². The number of nitrogens with two attached hydrogens (primary N) is 1. The molecular formula is C23H21FN2O2S. The van der Waals surface area contributed by atoms with E-state index in [9.17, 15) is 14.0 Å². The van der Waals surface area contributed by atoms with E-state index in [1.807, 2.05) is 35.7 Å². The molecule has 0 unspecified atom stereocenters. The van der Waals surface area contributed by atoms with Gasteiger partial charge in [-0.25, -0.2) is 4.39 Å². The molecule has 1 aliphatic heterocycles. The van der Waals surface area contributed by atoms with Crippen LogP contribution in [0, 0.1) is 11.2 Å². The van der Waals surface area contributed by atoms with E-state index in [1.165, 1.54) is 23.1 Å². The lowest BCUT2D eigenvalue weighted by molar-refractivity contribution is -0.126. The number of carbonyl (C=O) groups excluding carboxylic acids is 2. The predicted octanol–water partition coefficient (Wildman–Crippen LogP) is 4.11. The van der Waals surface area contributed by atoms with Gasteiger partial charge in [0.15, 0.2) is 0 Å². The fourth-order valence-corrected chi connectivity index (χ4v) is 4.64. The molecule has 1 aliphatic rings. The molecule has 0 radical (unpaired) electrons. The smallest absolute Gasteiger partial charge is 0.253 e. The lowest BCUT2D eigenvalue weighted by Crippen LogP contribution is -2.42. The van der Waals surface area contributed by atoms with Crippen molar-refractivity contribution >= 4 is 23.2 Å². The van der Waals surface area contributed by atoms with E-state index in [0.29, 0.717) is 19.4 Å². The minimum atomic E-state index is -0.812. The van der Waals surface area contributed by atoms with Gasteiger partial charge >= 0.3 is 0 Å². The van der Waals surface area contributed by atoms with E-state index >= 15 is 0 Å². The summed E-state index contributed by atoms with van der Waals surface area (Å²) < 4.78 is 13.5. The molecule has 4 nitrogen and oxygen atoms in total. The lowest BCUT2D eigenvalue weighted by Gasteiger charge is -2.26. The van der Waals surface area contributed by atoms with E-state index in [2.05, 4.69) is 6.07 Å². The fraction of sp³-hybridized carbons (Fsp3) is 0.217. The number of hydrogen-bond donors (Lipinski definition) is 1. The molecule has 3 aromatic rings. The number of benzene rings is 2. The van der Waals surface area contributed by atoms with Gasteiger partial charge in [0.2, 0.25) is 5.91 Å². The number of carbonyl (C=O) groups is 2. The van der Waals surface area contributed by atoms with Crippen molar-refractivity contribution in [3.05, 3.63) is 83.0 Å². The Kier molecular flexibility index (Phi) is 5.20. The second-order valence-electron chi connectivity index (χ2n) is 7.48. The van der Waals surface area contributed by atoms with Crippen molar-refractivity contribution in [2.75, 3.05) is 13.1 Å². The second-order valence-corrected chi connectivity index (χ2v) is 8.43. The topological polar surface area (TPSA) is 63.4 Å². The summed E-state index contributed by atoms with van der Waals surface area (Å²) >= 11 is 1.68. The maximum Gasteiger partial charge on any atom is 0.253 e. The van der Waals surface area contributed by atoms with Crippen LogP contribution in [0.15, 0.2) is 66.0 Å². The average Bonchev–Trinajstić information content (AvgIpc) is 3.39. The number of hydrogen-bond acceptors (Lipinski definition) is 3. The third-order valence-corrected chi connectivity index (χ3v) is 6.46. The van der Waals surface area contributed by atoms with E-state index in [-0.39, 0.29) is 18.0 Å². The number of amides is 2. The van der Waals surface area contributed by atoms with Gasteiger partial charge in [0.25, 0.3) is 5.91 Å². The van der Waals surface area contributed by atoms with E-state index < -0.39 is 17.1 Å². The van der Waals surface area contributed by atoms with Crippen molar-refractivity contribution in [2.24, 2.45) is 11.1 Å². The van der Waals surface area contributed by atoms with Crippen LogP contribution in [-0.4, -0.2) is 29.8 Å². The molecule has 4 rings (SSSR count). The Morgan fingerprint density at radius 2 is 1.90 bits per heavy atom. The van der Waals surface area contributed by atoms with Gasteiger partial charge in [-0.1, -0.05) is 36.4 Å². The Morgan fingerprint density at radius 1 is 1.10 bits per heavy atom. The molecule has 1 aromatic heterocycles. The molecule has 1 atom stereocenters. The molecule has 1 saturated heterocycles. The third-order valence-electron chi connectivity index (χ3n) is 5.54. The van der Waals surface area contributed by atoms with Crippen LogP contribution >= 0.6 is 11.3 Å². The minimum Gasteiger partial charge on any atom is -0.369 e. The number of primary amides is 1. The van der Waals surface area contributed by atoms with Gasteiger partial charge in [-0.2, -0.15) is 0 Å². The molecule has 2 aromatic carbocycles. The molecule has 148 valence electrons. The van der Waals surface area contributed by atoms with Crippen LogP contribution < -0.4 is 5.73 Å². The lowest BCUT2D eigenvalue weighted by atomic mass is 9.80. The molecule has 6 heteroatoms. The zero-order valence-corrected chi connectivity index (χ0v) is 16.6. The van der Waals surface area contributed by atoms with Crippen LogP contribution in [0.4, 0.5) is 4.39 Å². The van der Waals surface area contributed by atoms with Gasteiger partial charge in [-0.15, -0.1) is 11.3 Å². The Labute approximate surface area is 172 Å². The molecule has 1 fully saturated rings. The summed E-state index contributed by atoms with van der Waals surface area (Å²) in [4.78, 5) is 27.9. The molecule has 0 bridgehead atoms. The van der Waals surface area contributed by atoms with Crippen molar-refractivity contribution in [1.29, 1.82) is 0 Å². The first-order chi connectivity index (χ1) is 14.0. The van der Waals surface area contributed by atoms with E-state index in [4.69, 9.17) is 5.73 Å². The standard InChI is InChI=1S/C23H21FN2O2S/c24-19-4-1-3-18(13-19)21(27)26-11-10-23(15-26,22(25)28)14-16-6-8-17(9-7-16)20-5-2-12-29-20/h1-9,12-13H,10-11,14-15H2,(H2,25,28)/t23-/m1/s1. The SMILES string of the molecule is NC(=O)[C@@]1(Cc2ccc(-c3cccs3)cc2)CCN(C(=O)c2cccc(F)c2)C1. The van der Waals surface area contributed by atoms with Crippen molar-refractivity contribution < 1.29 is 14.0 Å². The van der Waals surface area contributed by atoms with E-state index in [0.717, 1.165) is 11.1 Å². The number of likely N-dealkylation sites (tertiary alicyclic amines) is 1. The molecule has 2 amide bonds. The predicted molar refractivity (Wildman–Crippen MR) is 112 cm³/mol. The summed E-state index contributed by atoms with van der Waals surface area (Å²) in [6, 6.07) is 17.8. The fourth-order valence-electron chi connectivity index (χ4n) is 3.90. The van der Waals surface area contributed by atoms with Gasteiger partial charge in [0.05, 0.1) is 5.41 Å². The summed E-state index contributed by atoms with van der Waals surface area (Å²) in [5, 5.41) is 2.04. The van der Waals surface area contributed by atoms with Crippen molar-refractivity contribution in [3.8, 4) is 10.4 Å². The van der Waals surface area contributed by atoms with Gasteiger partial charge < -0.3 is 10.6 Å². The highest BCUT2D eigenvalue weighted by Crippen LogP contribution is 2.35. The summed E-state index contributed by atoms with van der Waals surface area (Å²) in [6.45, 7) is 0.663. The quantitative estimate of drug-likeness (QED) is 0.690. The summed E-state index contributed by atoms with van der Waals surface area (Å²) in [6.07, 6.45) is 0.968.